The molecule has 18 heavy (non-hydrogen) atoms. The molecule has 1 N–H and O–H groups in total. The van der Waals surface area contributed by atoms with Crippen molar-refractivity contribution >= 4 is 0 Å². The topological polar surface area (TPSA) is 21.3 Å². The van der Waals surface area contributed by atoms with Crippen LogP contribution in [0.5, 0.6) is 5.75 Å². The number of benzene rings is 1. The van der Waals surface area contributed by atoms with Crippen LogP contribution in [0.25, 0.3) is 0 Å². The predicted molar refractivity (Wildman–Crippen MR) is 76.4 cm³/mol. The van der Waals surface area contributed by atoms with Crippen LogP contribution in [0.2, 0.25) is 0 Å². The second kappa shape index (κ2) is 6.24. The van der Waals surface area contributed by atoms with Crippen molar-refractivity contribution in [1.29, 1.82) is 0 Å². The number of nitrogens with one attached hydrogen (secondary N) is 1. The quantitative estimate of drug-likeness (QED) is 0.861. The van der Waals surface area contributed by atoms with Crippen molar-refractivity contribution in [3.8, 4) is 5.75 Å². The second-order valence-electron chi connectivity index (χ2n) is 5.63. The maximum atomic E-state index is 5.43. The first-order chi connectivity index (χ1) is 8.70. The highest BCUT2D eigenvalue weighted by Crippen LogP contribution is 2.28. The molecule has 1 aliphatic heterocycles. The minimum Gasteiger partial charge on any atom is -0.496 e. The Kier molecular flexibility index (Phi) is 4.65. The van der Waals surface area contributed by atoms with Crippen LogP contribution in [0, 0.1) is 5.92 Å². The van der Waals surface area contributed by atoms with E-state index in [-0.39, 0.29) is 0 Å². The monoisotopic (exact) mass is 247 g/mol. The molecule has 0 bridgehead atoms. The lowest BCUT2D eigenvalue weighted by Gasteiger charge is -2.14. The third-order valence-electron chi connectivity index (χ3n) is 3.92. The summed E-state index contributed by atoms with van der Waals surface area (Å²) in [6.07, 6.45) is 3.83. The summed E-state index contributed by atoms with van der Waals surface area (Å²) >= 11 is 0. The molecule has 0 radical (unpaired) electrons. The van der Waals surface area contributed by atoms with Crippen LogP contribution < -0.4 is 10.1 Å². The Morgan fingerprint density at radius 2 is 2.22 bits per heavy atom. The minimum absolute atomic E-state index is 0.521. The van der Waals surface area contributed by atoms with Crippen molar-refractivity contribution in [3.63, 3.8) is 0 Å². The Labute approximate surface area is 111 Å². The molecule has 1 heterocycles. The highest BCUT2D eigenvalue weighted by molar-refractivity contribution is 5.39. The molecular formula is C16H25NO. The maximum absolute atomic E-state index is 5.43. The van der Waals surface area contributed by atoms with Gasteiger partial charge in [0.1, 0.15) is 5.75 Å². The molecular weight excluding hydrogens is 222 g/mol. The number of ether oxygens (including phenoxy) is 1. The molecule has 0 amide bonds. The number of methoxy groups -OCH3 is 1. The van der Waals surface area contributed by atoms with Crippen LogP contribution in [0.3, 0.4) is 0 Å². The smallest absolute Gasteiger partial charge is 0.122 e. The Hall–Kier alpha value is -1.02. The summed E-state index contributed by atoms with van der Waals surface area (Å²) in [7, 11) is 1.76. The van der Waals surface area contributed by atoms with E-state index in [9.17, 15) is 0 Å². The molecule has 2 heteroatoms. The fraction of sp³-hybridized carbons (Fsp3) is 0.625. The van der Waals surface area contributed by atoms with Crippen molar-refractivity contribution in [1.82, 2.24) is 5.32 Å². The van der Waals surface area contributed by atoms with E-state index in [2.05, 4.69) is 37.4 Å². The van der Waals surface area contributed by atoms with Gasteiger partial charge in [-0.2, -0.15) is 0 Å². The van der Waals surface area contributed by atoms with E-state index in [1.807, 2.05) is 0 Å². The average molecular weight is 247 g/mol. The van der Waals surface area contributed by atoms with Gasteiger partial charge < -0.3 is 10.1 Å². The lowest BCUT2D eigenvalue weighted by Crippen LogP contribution is -2.09. The van der Waals surface area contributed by atoms with Gasteiger partial charge in [-0.15, -0.1) is 0 Å². The van der Waals surface area contributed by atoms with Crippen LogP contribution in [0.4, 0.5) is 0 Å². The van der Waals surface area contributed by atoms with E-state index in [1.165, 1.54) is 43.5 Å². The first-order valence-corrected chi connectivity index (χ1v) is 7.08. The van der Waals surface area contributed by atoms with E-state index in [0.717, 1.165) is 11.7 Å². The minimum atomic E-state index is 0.521. The zero-order chi connectivity index (χ0) is 13.0. The van der Waals surface area contributed by atoms with Gasteiger partial charge in [0.2, 0.25) is 0 Å². The molecule has 0 aromatic heterocycles. The van der Waals surface area contributed by atoms with Crippen LogP contribution in [-0.4, -0.2) is 20.2 Å². The molecule has 1 aromatic carbocycles. The molecule has 100 valence electrons. The second-order valence-corrected chi connectivity index (χ2v) is 5.63. The van der Waals surface area contributed by atoms with Gasteiger partial charge in [0.05, 0.1) is 7.11 Å². The van der Waals surface area contributed by atoms with Gasteiger partial charge in [0, 0.05) is 0 Å². The summed E-state index contributed by atoms with van der Waals surface area (Å²) in [5.41, 5.74) is 2.78. The van der Waals surface area contributed by atoms with E-state index >= 15 is 0 Å². The predicted octanol–water partition coefficient (Wildman–Crippen LogP) is 3.36. The van der Waals surface area contributed by atoms with Gasteiger partial charge in [-0.1, -0.05) is 26.0 Å². The van der Waals surface area contributed by atoms with Gasteiger partial charge in [-0.3, -0.25) is 0 Å². The summed E-state index contributed by atoms with van der Waals surface area (Å²) in [6, 6.07) is 6.66. The zero-order valence-electron chi connectivity index (χ0n) is 11.8. The van der Waals surface area contributed by atoms with Crippen molar-refractivity contribution in [2.24, 2.45) is 5.92 Å². The fourth-order valence-corrected chi connectivity index (χ4v) is 2.72. The van der Waals surface area contributed by atoms with Crippen molar-refractivity contribution in [3.05, 3.63) is 29.3 Å². The van der Waals surface area contributed by atoms with Crippen molar-refractivity contribution in [2.45, 2.75) is 39.0 Å². The number of hydrogen-bond acceptors (Lipinski definition) is 2. The largest absolute Gasteiger partial charge is 0.496 e. The van der Waals surface area contributed by atoms with Crippen LogP contribution >= 0.6 is 0 Å². The molecule has 1 atom stereocenters. The normalized spacial score (nSPS) is 19.4. The molecule has 1 fully saturated rings. The molecule has 2 nitrogen and oxygen atoms in total. The Morgan fingerprint density at radius 1 is 1.39 bits per heavy atom. The van der Waals surface area contributed by atoms with Gasteiger partial charge in [0.15, 0.2) is 0 Å². The summed E-state index contributed by atoms with van der Waals surface area (Å²) in [4.78, 5) is 0. The van der Waals surface area contributed by atoms with E-state index < -0.39 is 0 Å². The highest BCUT2D eigenvalue weighted by Gasteiger charge is 2.14. The van der Waals surface area contributed by atoms with Gasteiger partial charge in [-0.05, 0) is 61.4 Å². The lowest BCUT2D eigenvalue weighted by atomic mass is 9.94. The van der Waals surface area contributed by atoms with Crippen molar-refractivity contribution < 1.29 is 4.74 Å². The van der Waals surface area contributed by atoms with Gasteiger partial charge in [-0.25, -0.2) is 0 Å². The van der Waals surface area contributed by atoms with Gasteiger partial charge in [0.25, 0.3) is 0 Å². The molecule has 0 spiro atoms. The van der Waals surface area contributed by atoms with Crippen LogP contribution in [-0.2, 0) is 6.42 Å². The standard InChI is InChI=1S/C16H25NO/c1-12(2)15-10-13(6-7-16(15)18-3)4-5-14-8-9-17-11-14/h6-7,10,12,14,17H,4-5,8-9,11H2,1-3H3. The van der Waals surface area contributed by atoms with Crippen LogP contribution in [0.1, 0.15) is 43.7 Å². The van der Waals surface area contributed by atoms with Crippen LogP contribution in [0.15, 0.2) is 18.2 Å². The third kappa shape index (κ3) is 3.26. The Morgan fingerprint density at radius 3 is 2.83 bits per heavy atom. The number of rotatable bonds is 5. The Balaban J connectivity index is 2.01. The first kappa shape index (κ1) is 13.4. The molecule has 1 aromatic rings. The van der Waals surface area contributed by atoms with E-state index in [1.54, 1.807) is 7.11 Å². The van der Waals surface area contributed by atoms with Crippen molar-refractivity contribution in [2.75, 3.05) is 20.2 Å². The zero-order valence-corrected chi connectivity index (χ0v) is 11.8. The maximum Gasteiger partial charge on any atom is 0.122 e. The lowest BCUT2D eigenvalue weighted by molar-refractivity contribution is 0.407. The van der Waals surface area contributed by atoms with E-state index in [0.29, 0.717) is 5.92 Å². The van der Waals surface area contributed by atoms with E-state index in [4.69, 9.17) is 4.74 Å². The molecule has 1 unspecified atom stereocenters. The Bertz CT molecular complexity index is 381. The molecule has 1 aliphatic rings. The number of aryl methyl sites for hydroxylation is 1. The fourth-order valence-electron chi connectivity index (χ4n) is 2.72. The molecule has 1 saturated heterocycles. The molecule has 0 aliphatic carbocycles. The average Bonchev–Trinajstić information content (AvgIpc) is 2.89. The first-order valence-electron chi connectivity index (χ1n) is 7.08. The third-order valence-corrected chi connectivity index (χ3v) is 3.92. The summed E-state index contributed by atoms with van der Waals surface area (Å²) in [5, 5.41) is 3.44. The van der Waals surface area contributed by atoms with Gasteiger partial charge >= 0.3 is 0 Å². The summed E-state index contributed by atoms with van der Waals surface area (Å²) < 4.78 is 5.43. The molecule has 0 saturated carbocycles. The summed E-state index contributed by atoms with van der Waals surface area (Å²) in [5.74, 6) is 2.42. The summed E-state index contributed by atoms with van der Waals surface area (Å²) in [6.45, 7) is 6.85. The highest BCUT2D eigenvalue weighted by atomic mass is 16.5. The molecule has 2 rings (SSSR count). The SMILES string of the molecule is COc1ccc(CCC2CCNC2)cc1C(C)C. The number of hydrogen-bond donors (Lipinski definition) is 1.